The SMILES string of the molecule is CC(=O)NC(C)/C(C)=C/c1ccc(Oc2ccc(OCC3CC3)cc2Cl)nc1. The largest absolute Gasteiger partial charge is 0.493 e. The molecule has 5 nitrogen and oxygen atoms in total. The van der Waals surface area contributed by atoms with Crippen molar-refractivity contribution in [1.29, 1.82) is 0 Å². The first-order chi connectivity index (χ1) is 13.4. The summed E-state index contributed by atoms with van der Waals surface area (Å²) in [4.78, 5) is 15.5. The molecule has 3 rings (SSSR count). The van der Waals surface area contributed by atoms with Gasteiger partial charge < -0.3 is 14.8 Å². The number of rotatable bonds is 8. The Hall–Kier alpha value is -2.53. The average Bonchev–Trinajstić information content (AvgIpc) is 3.47. The van der Waals surface area contributed by atoms with Gasteiger partial charge in [-0.05, 0) is 56.4 Å². The molecule has 1 amide bonds. The third-order valence-electron chi connectivity index (χ3n) is 4.56. The molecule has 1 atom stereocenters. The Labute approximate surface area is 170 Å². The molecule has 1 unspecified atom stereocenters. The topological polar surface area (TPSA) is 60.5 Å². The maximum absolute atomic E-state index is 11.2. The fourth-order valence-corrected chi connectivity index (χ4v) is 2.82. The Morgan fingerprint density at radius 3 is 2.71 bits per heavy atom. The van der Waals surface area contributed by atoms with Crippen LogP contribution in [0, 0.1) is 5.92 Å². The molecular formula is C22H25ClN2O3. The van der Waals surface area contributed by atoms with E-state index in [9.17, 15) is 4.79 Å². The molecule has 6 heteroatoms. The van der Waals surface area contributed by atoms with Crippen LogP contribution in [0.5, 0.6) is 17.4 Å². The lowest BCUT2D eigenvalue weighted by molar-refractivity contribution is -0.119. The molecule has 0 spiro atoms. The van der Waals surface area contributed by atoms with E-state index in [1.54, 1.807) is 24.4 Å². The number of carbonyl (C=O) groups excluding carboxylic acids is 1. The number of amides is 1. The maximum atomic E-state index is 11.2. The number of hydrogen-bond donors (Lipinski definition) is 1. The zero-order chi connectivity index (χ0) is 20.1. The third kappa shape index (κ3) is 5.99. The predicted molar refractivity (Wildman–Crippen MR) is 111 cm³/mol. The van der Waals surface area contributed by atoms with Gasteiger partial charge in [0, 0.05) is 31.3 Å². The molecule has 1 heterocycles. The molecule has 0 saturated heterocycles. The van der Waals surface area contributed by atoms with Crippen LogP contribution in [-0.4, -0.2) is 23.5 Å². The van der Waals surface area contributed by atoms with Crippen LogP contribution >= 0.6 is 11.6 Å². The first kappa shape index (κ1) is 20.2. The van der Waals surface area contributed by atoms with Gasteiger partial charge in [0.05, 0.1) is 11.6 Å². The van der Waals surface area contributed by atoms with Gasteiger partial charge in [0.25, 0.3) is 0 Å². The second-order valence-corrected chi connectivity index (χ2v) is 7.60. The van der Waals surface area contributed by atoms with E-state index in [0.29, 0.717) is 22.6 Å². The van der Waals surface area contributed by atoms with Crippen LogP contribution in [0.3, 0.4) is 0 Å². The van der Waals surface area contributed by atoms with Gasteiger partial charge in [-0.1, -0.05) is 23.3 Å². The molecule has 0 radical (unpaired) electrons. The zero-order valence-corrected chi connectivity index (χ0v) is 17.1. The minimum atomic E-state index is -0.0528. The first-order valence-corrected chi connectivity index (χ1v) is 9.80. The van der Waals surface area contributed by atoms with Gasteiger partial charge in [0.15, 0.2) is 0 Å². The zero-order valence-electron chi connectivity index (χ0n) is 16.4. The highest BCUT2D eigenvalue weighted by atomic mass is 35.5. The summed E-state index contributed by atoms with van der Waals surface area (Å²) in [6.07, 6.45) is 6.20. The van der Waals surface area contributed by atoms with Crippen molar-refractivity contribution in [2.75, 3.05) is 6.61 Å². The quantitative estimate of drug-likeness (QED) is 0.657. The van der Waals surface area contributed by atoms with Gasteiger partial charge in [0.1, 0.15) is 11.5 Å². The summed E-state index contributed by atoms with van der Waals surface area (Å²) in [6, 6.07) is 9.08. The fraction of sp³-hybridized carbons (Fsp3) is 0.364. The van der Waals surface area contributed by atoms with Crippen molar-refractivity contribution in [2.24, 2.45) is 5.92 Å². The molecule has 1 saturated carbocycles. The molecule has 1 aromatic carbocycles. The van der Waals surface area contributed by atoms with Crippen molar-refractivity contribution in [2.45, 2.75) is 39.7 Å². The number of nitrogens with one attached hydrogen (secondary N) is 1. The van der Waals surface area contributed by atoms with E-state index in [0.717, 1.165) is 23.5 Å². The normalized spacial score (nSPS) is 15.1. The summed E-state index contributed by atoms with van der Waals surface area (Å²) in [7, 11) is 0. The average molecular weight is 401 g/mol. The Bertz CT molecular complexity index is 861. The molecule has 1 aliphatic carbocycles. The number of halogens is 1. The summed E-state index contributed by atoms with van der Waals surface area (Å²) in [5.74, 6) is 2.38. The van der Waals surface area contributed by atoms with Crippen molar-refractivity contribution in [3.8, 4) is 17.4 Å². The van der Waals surface area contributed by atoms with Gasteiger partial charge in [-0.2, -0.15) is 0 Å². The molecule has 148 valence electrons. The van der Waals surface area contributed by atoms with E-state index in [4.69, 9.17) is 21.1 Å². The Balaban J connectivity index is 1.61. The van der Waals surface area contributed by atoms with E-state index in [1.165, 1.54) is 19.8 Å². The Morgan fingerprint density at radius 1 is 1.32 bits per heavy atom. The van der Waals surface area contributed by atoms with Crippen LogP contribution in [0.25, 0.3) is 6.08 Å². The third-order valence-corrected chi connectivity index (χ3v) is 4.85. The highest BCUT2D eigenvalue weighted by Crippen LogP contribution is 2.34. The first-order valence-electron chi connectivity index (χ1n) is 9.42. The standard InChI is InChI=1S/C22H25ClN2O3/c1-14(15(2)25-16(3)26)10-18-6-9-22(24-12-18)28-21-8-7-19(11-20(21)23)27-13-17-4-5-17/h6-12,15,17H,4-5,13H2,1-3H3,(H,25,26)/b14-10+. The molecule has 0 aliphatic heterocycles. The van der Waals surface area contributed by atoms with Crippen LogP contribution in [0.1, 0.15) is 39.2 Å². The van der Waals surface area contributed by atoms with Crippen molar-refractivity contribution < 1.29 is 14.3 Å². The summed E-state index contributed by atoms with van der Waals surface area (Å²) in [6.45, 7) is 6.16. The van der Waals surface area contributed by atoms with Gasteiger partial charge in [-0.3, -0.25) is 4.79 Å². The van der Waals surface area contributed by atoms with Crippen molar-refractivity contribution in [3.63, 3.8) is 0 Å². The van der Waals surface area contributed by atoms with Crippen molar-refractivity contribution in [3.05, 3.63) is 52.7 Å². The lowest BCUT2D eigenvalue weighted by Gasteiger charge is -2.13. The molecule has 1 aromatic heterocycles. The van der Waals surface area contributed by atoms with Crippen LogP contribution in [0.4, 0.5) is 0 Å². The molecule has 2 aromatic rings. The van der Waals surface area contributed by atoms with Crippen LogP contribution in [0.15, 0.2) is 42.1 Å². The van der Waals surface area contributed by atoms with Crippen LogP contribution in [0.2, 0.25) is 5.02 Å². The van der Waals surface area contributed by atoms with Crippen LogP contribution < -0.4 is 14.8 Å². The molecule has 1 aliphatic rings. The summed E-state index contributed by atoms with van der Waals surface area (Å²) in [5.41, 5.74) is 1.97. The number of ether oxygens (including phenoxy) is 2. The number of benzene rings is 1. The van der Waals surface area contributed by atoms with Gasteiger partial charge in [0.2, 0.25) is 11.8 Å². The monoisotopic (exact) mass is 400 g/mol. The van der Waals surface area contributed by atoms with E-state index in [-0.39, 0.29) is 11.9 Å². The summed E-state index contributed by atoms with van der Waals surface area (Å²) in [5, 5.41) is 3.34. The molecule has 1 N–H and O–H groups in total. The number of carbonyl (C=O) groups is 1. The Kier molecular flexibility index (Phi) is 6.57. The van der Waals surface area contributed by atoms with E-state index >= 15 is 0 Å². The Morgan fingerprint density at radius 2 is 2.11 bits per heavy atom. The second-order valence-electron chi connectivity index (χ2n) is 7.19. The maximum Gasteiger partial charge on any atom is 0.219 e. The number of nitrogens with zero attached hydrogens (tertiary/aromatic N) is 1. The molecule has 28 heavy (non-hydrogen) atoms. The number of hydrogen-bond acceptors (Lipinski definition) is 4. The highest BCUT2D eigenvalue weighted by Gasteiger charge is 2.22. The van der Waals surface area contributed by atoms with Gasteiger partial charge in [-0.15, -0.1) is 0 Å². The van der Waals surface area contributed by atoms with E-state index < -0.39 is 0 Å². The summed E-state index contributed by atoms with van der Waals surface area (Å²) >= 11 is 6.31. The molecule has 1 fully saturated rings. The van der Waals surface area contributed by atoms with E-state index in [1.807, 2.05) is 32.1 Å². The minimum Gasteiger partial charge on any atom is -0.493 e. The lowest BCUT2D eigenvalue weighted by atomic mass is 10.1. The van der Waals surface area contributed by atoms with Gasteiger partial charge in [-0.25, -0.2) is 4.98 Å². The van der Waals surface area contributed by atoms with Crippen LogP contribution in [-0.2, 0) is 4.79 Å². The minimum absolute atomic E-state index is 0.0344. The van der Waals surface area contributed by atoms with Crippen molar-refractivity contribution in [1.82, 2.24) is 10.3 Å². The van der Waals surface area contributed by atoms with Gasteiger partial charge >= 0.3 is 0 Å². The second kappa shape index (κ2) is 9.11. The number of pyridine rings is 1. The molecule has 0 bridgehead atoms. The number of aromatic nitrogens is 1. The van der Waals surface area contributed by atoms with Crippen molar-refractivity contribution >= 4 is 23.6 Å². The lowest BCUT2D eigenvalue weighted by Crippen LogP contribution is -2.31. The molecular weight excluding hydrogens is 376 g/mol. The van der Waals surface area contributed by atoms with E-state index in [2.05, 4.69) is 10.3 Å². The summed E-state index contributed by atoms with van der Waals surface area (Å²) < 4.78 is 11.5. The highest BCUT2D eigenvalue weighted by molar-refractivity contribution is 6.32. The predicted octanol–water partition coefficient (Wildman–Crippen LogP) is 5.24. The fourth-order valence-electron chi connectivity index (χ4n) is 2.61. The smallest absolute Gasteiger partial charge is 0.219 e.